The standard InChI is InChI=1S/C14H8Br2Cl2O/c15-9-4-5-11(16)10(7-9)13(19)6-8-2-1-3-12(17)14(8)18/h1-5,7H,6H2. The molecule has 0 saturated carbocycles. The third kappa shape index (κ3) is 3.60. The summed E-state index contributed by atoms with van der Waals surface area (Å²) in [6.45, 7) is 0. The van der Waals surface area contributed by atoms with Gasteiger partial charge in [-0.1, -0.05) is 67.2 Å². The molecule has 0 aliphatic heterocycles. The fourth-order valence-electron chi connectivity index (χ4n) is 1.66. The second-order valence-electron chi connectivity index (χ2n) is 3.94. The molecule has 19 heavy (non-hydrogen) atoms. The van der Waals surface area contributed by atoms with Crippen molar-refractivity contribution >= 4 is 60.8 Å². The van der Waals surface area contributed by atoms with E-state index in [9.17, 15) is 4.79 Å². The summed E-state index contributed by atoms with van der Waals surface area (Å²) in [6, 6.07) is 10.8. The lowest BCUT2D eigenvalue weighted by Crippen LogP contribution is -2.05. The second-order valence-corrected chi connectivity index (χ2v) is 6.49. The summed E-state index contributed by atoms with van der Waals surface area (Å²) < 4.78 is 1.62. The molecule has 2 rings (SSSR count). The van der Waals surface area contributed by atoms with Crippen LogP contribution in [0.5, 0.6) is 0 Å². The third-order valence-corrected chi connectivity index (χ3v) is 4.65. The van der Waals surface area contributed by atoms with E-state index in [2.05, 4.69) is 31.9 Å². The number of halogens is 4. The first-order chi connectivity index (χ1) is 8.99. The van der Waals surface area contributed by atoms with Gasteiger partial charge in [0.05, 0.1) is 10.0 Å². The molecule has 5 heteroatoms. The van der Waals surface area contributed by atoms with Gasteiger partial charge in [0.25, 0.3) is 0 Å². The molecule has 0 heterocycles. The van der Waals surface area contributed by atoms with Crippen LogP contribution in [0.25, 0.3) is 0 Å². The zero-order valence-electron chi connectivity index (χ0n) is 9.59. The molecule has 0 bridgehead atoms. The summed E-state index contributed by atoms with van der Waals surface area (Å²) in [5, 5.41) is 0.893. The molecule has 98 valence electrons. The second kappa shape index (κ2) is 6.40. The monoisotopic (exact) mass is 420 g/mol. The van der Waals surface area contributed by atoms with Crippen molar-refractivity contribution in [2.45, 2.75) is 6.42 Å². The molecule has 2 aromatic carbocycles. The minimum absolute atomic E-state index is 0.0164. The van der Waals surface area contributed by atoms with E-state index in [1.807, 2.05) is 12.1 Å². The first kappa shape index (κ1) is 15.0. The molecule has 0 amide bonds. The molecule has 1 nitrogen and oxygen atoms in total. The van der Waals surface area contributed by atoms with E-state index in [-0.39, 0.29) is 12.2 Å². The highest BCUT2D eigenvalue weighted by molar-refractivity contribution is 9.11. The average molecular weight is 423 g/mol. The Hall–Kier alpha value is -0.350. The summed E-state index contributed by atoms with van der Waals surface area (Å²) in [5.41, 5.74) is 1.34. The molecule has 0 saturated heterocycles. The SMILES string of the molecule is O=C(Cc1cccc(Cl)c1Cl)c1cc(Br)ccc1Br. The molecule has 0 fully saturated rings. The largest absolute Gasteiger partial charge is 0.294 e. The maximum Gasteiger partial charge on any atom is 0.168 e. The molecule has 0 aliphatic carbocycles. The maximum absolute atomic E-state index is 12.3. The van der Waals surface area contributed by atoms with Gasteiger partial charge in [0.2, 0.25) is 0 Å². The lowest BCUT2D eigenvalue weighted by Gasteiger charge is -2.07. The van der Waals surface area contributed by atoms with E-state index in [1.165, 1.54) is 0 Å². The summed E-state index contributed by atoms with van der Waals surface area (Å²) in [7, 11) is 0. The highest BCUT2D eigenvalue weighted by atomic mass is 79.9. The highest BCUT2D eigenvalue weighted by Gasteiger charge is 2.14. The van der Waals surface area contributed by atoms with Gasteiger partial charge in [-0.2, -0.15) is 0 Å². The van der Waals surface area contributed by atoms with Gasteiger partial charge >= 0.3 is 0 Å². The van der Waals surface area contributed by atoms with E-state index >= 15 is 0 Å². The van der Waals surface area contributed by atoms with Crippen molar-refractivity contribution < 1.29 is 4.79 Å². The molecule has 0 aromatic heterocycles. The van der Waals surface area contributed by atoms with Crippen molar-refractivity contribution in [3.8, 4) is 0 Å². The summed E-state index contributed by atoms with van der Waals surface area (Å²) >= 11 is 18.8. The van der Waals surface area contributed by atoms with Crippen LogP contribution in [0.2, 0.25) is 10.0 Å². The van der Waals surface area contributed by atoms with E-state index in [4.69, 9.17) is 23.2 Å². The van der Waals surface area contributed by atoms with Crippen molar-refractivity contribution in [3.63, 3.8) is 0 Å². The number of carbonyl (C=O) groups is 1. The predicted molar refractivity (Wildman–Crippen MR) is 86.3 cm³/mol. The third-order valence-electron chi connectivity index (χ3n) is 2.61. The van der Waals surface area contributed by atoms with Crippen molar-refractivity contribution in [2.24, 2.45) is 0 Å². The Morgan fingerprint density at radius 1 is 1.11 bits per heavy atom. The van der Waals surface area contributed by atoms with E-state index in [0.29, 0.717) is 15.6 Å². The normalized spacial score (nSPS) is 10.5. The minimum Gasteiger partial charge on any atom is -0.294 e. The van der Waals surface area contributed by atoms with Crippen LogP contribution in [-0.2, 0) is 6.42 Å². The van der Waals surface area contributed by atoms with Gasteiger partial charge in [-0.05, 0) is 29.8 Å². The quantitative estimate of drug-likeness (QED) is 0.559. The molecule has 2 aromatic rings. The van der Waals surface area contributed by atoms with Crippen LogP contribution in [0.1, 0.15) is 15.9 Å². The first-order valence-electron chi connectivity index (χ1n) is 5.40. The number of hydrogen-bond acceptors (Lipinski definition) is 1. The van der Waals surface area contributed by atoms with Crippen LogP contribution in [0.4, 0.5) is 0 Å². The van der Waals surface area contributed by atoms with Gasteiger partial charge in [-0.3, -0.25) is 4.79 Å². The molecule has 0 spiro atoms. The van der Waals surface area contributed by atoms with Crippen LogP contribution in [0.15, 0.2) is 45.3 Å². The van der Waals surface area contributed by atoms with Crippen LogP contribution >= 0.6 is 55.1 Å². The molecule has 0 radical (unpaired) electrons. The fraction of sp³-hybridized carbons (Fsp3) is 0.0714. The number of hydrogen-bond donors (Lipinski definition) is 0. The lowest BCUT2D eigenvalue weighted by atomic mass is 10.0. The topological polar surface area (TPSA) is 17.1 Å². The Balaban J connectivity index is 2.31. The van der Waals surface area contributed by atoms with Crippen molar-refractivity contribution in [3.05, 3.63) is 66.5 Å². The van der Waals surface area contributed by atoms with Gasteiger partial charge < -0.3 is 0 Å². The van der Waals surface area contributed by atoms with Crippen LogP contribution in [0.3, 0.4) is 0 Å². The van der Waals surface area contributed by atoms with Crippen molar-refractivity contribution in [1.82, 2.24) is 0 Å². The fourth-order valence-corrected chi connectivity index (χ4v) is 2.88. The Labute approximate surface area is 138 Å². The summed E-state index contributed by atoms with van der Waals surface area (Å²) in [6.07, 6.45) is 0.217. The Morgan fingerprint density at radius 2 is 1.84 bits per heavy atom. The number of rotatable bonds is 3. The van der Waals surface area contributed by atoms with Crippen LogP contribution < -0.4 is 0 Å². The zero-order chi connectivity index (χ0) is 14.0. The van der Waals surface area contributed by atoms with E-state index in [0.717, 1.165) is 14.5 Å². The van der Waals surface area contributed by atoms with Crippen molar-refractivity contribution in [2.75, 3.05) is 0 Å². The Bertz CT molecular complexity index is 641. The van der Waals surface area contributed by atoms with E-state index in [1.54, 1.807) is 24.3 Å². The number of carbonyl (C=O) groups excluding carboxylic acids is 1. The van der Waals surface area contributed by atoms with Crippen LogP contribution in [-0.4, -0.2) is 5.78 Å². The van der Waals surface area contributed by atoms with Crippen molar-refractivity contribution in [1.29, 1.82) is 0 Å². The molecular weight excluding hydrogens is 415 g/mol. The van der Waals surface area contributed by atoms with Crippen LogP contribution in [0, 0.1) is 0 Å². The van der Waals surface area contributed by atoms with Gasteiger partial charge in [-0.25, -0.2) is 0 Å². The Kier molecular flexibility index (Phi) is 5.07. The number of ketones is 1. The highest BCUT2D eigenvalue weighted by Crippen LogP contribution is 2.28. The molecule has 0 unspecified atom stereocenters. The summed E-state index contributed by atoms with van der Waals surface area (Å²) in [4.78, 5) is 12.3. The maximum atomic E-state index is 12.3. The average Bonchev–Trinajstić information content (AvgIpc) is 2.38. The van der Waals surface area contributed by atoms with Gasteiger partial charge in [-0.15, -0.1) is 0 Å². The smallest absolute Gasteiger partial charge is 0.168 e. The molecular formula is C14H8Br2Cl2O. The first-order valence-corrected chi connectivity index (χ1v) is 7.74. The number of benzene rings is 2. The molecule has 0 aliphatic rings. The van der Waals surface area contributed by atoms with Gasteiger partial charge in [0.1, 0.15) is 0 Å². The zero-order valence-corrected chi connectivity index (χ0v) is 14.3. The summed E-state index contributed by atoms with van der Waals surface area (Å²) in [5.74, 6) is -0.0164. The lowest BCUT2D eigenvalue weighted by molar-refractivity contribution is 0.0992. The van der Waals surface area contributed by atoms with E-state index < -0.39 is 0 Å². The minimum atomic E-state index is -0.0164. The van der Waals surface area contributed by atoms with Gasteiger partial charge in [0.15, 0.2) is 5.78 Å². The molecule has 0 atom stereocenters. The van der Waals surface area contributed by atoms with Gasteiger partial charge in [0, 0.05) is 20.9 Å². The predicted octanol–water partition coefficient (Wildman–Crippen LogP) is 5.94. The number of Topliss-reactive ketones (excluding diaryl/α,β-unsaturated/α-hetero) is 1. The Morgan fingerprint density at radius 3 is 2.58 bits per heavy atom. The molecule has 0 N–H and O–H groups in total.